The summed E-state index contributed by atoms with van der Waals surface area (Å²) in [6, 6.07) is 0. The number of amides is 1. The van der Waals surface area contributed by atoms with Crippen molar-refractivity contribution in [1.82, 2.24) is 4.90 Å². The lowest BCUT2D eigenvalue weighted by Gasteiger charge is -2.31. The van der Waals surface area contributed by atoms with Crippen LogP contribution >= 0.6 is 0 Å². The lowest BCUT2D eigenvalue weighted by molar-refractivity contribution is -0.174. The van der Waals surface area contributed by atoms with Gasteiger partial charge in [0.05, 0.1) is 12.6 Å². The number of nitrogens with zero attached hydrogens (tertiary/aromatic N) is 1. The van der Waals surface area contributed by atoms with Gasteiger partial charge in [-0.05, 0) is 20.8 Å². The summed E-state index contributed by atoms with van der Waals surface area (Å²) in [6.45, 7) is 4.60. The highest BCUT2D eigenvalue weighted by Crippen LogP contribution is 2.29. The Kier molecular flexibility index (Phi) is 3.35. The monoisotopic (exact) mass is 247 g/mol. The van der Waals surface area contributed by atoms with Crippen LogP contribution in [0.4, 0.5) is 4.79 Å². The van der Waals surface area contributed by atoms with E-state index in [9.17, 15) is 19.8 Å². The zero-order chi connectivity index (χ0) is 13.4. The van der Waals surface area contributed by atoms with Crippen molar-refractivity contribution < 1.29 is 29.6 Å². The van der Waals surface area contributed by atoms with E-state index in [-0.39, 0.29) is 6.54 Å². The lowest BCUT2D eigenvalue weighted by Crippen LogP contribution is -2.54. The van der Waals surface area contributed by atoms with Crippen molar-refractivity contribution in [3.63, 3.8) is 0 Å². The maximum absolute atomic E-state index is 11.7. The third-order valence-corrected chi connectivity index (χ3v) is 2.32. The third-order valence-electron chi connectivity index (χ3n) is 2.32. The highest BCUT2D eigenvalue weighted by atomic mass is 16.6. The van der Waals surface area contributed by atoms with E-state index in [0.29, 0.717) is 4.90 Å². The molecule has 1 rings (SSSR count). The number of aliphatic hydroxyl groups excluding tert-OH is 1. The minimum Gasteiger partial charge on any atom is -0.478 e. The molecule has 3 N–H and O–H groups in total. The Hall–Kier alpha value is -1.34. The van der Waals surface area contributed by atoms with Gasteiger partial charge in [-0.2, -0.15) is 0 Å². The van der Waals surface area contributed by atoms with Crippen LogP contribution in [0.3, 0.4) is 0 Å². The van der Waals surface area contributed by atoms with Crippen LogP contribution in [-0.2, 0) is 9.53 Å². The summed E-state index contributed by atoms with van der Waals surface area (Å²) in [6.07, 6.45) is -2.47. The molecule has 0 aromatic heterocycles. The van der Waals surface area contributed by atoms with E-state index < -0.39 is 35.9 Å². The van der Waals surface area contributed by atoms with E-state index in [1.807, 2.05) is 0 Å². The molecule has 1 fully saturated rings. The average Bonchev–Trinajstić information content (AvgIpc) is 2.40. The summed E-state index contributed by atoms with van der Waals surface area (Å²) < 4.78 is 4.97. The fourth-order valence-electron chi connectivity index (χ4n) is 1.61. The van der Waals surface area contributed by atoms with Crippen LogP contribution in [0, 0.1) is 0 Å². The summed E-state index contributed by atoms with van der Waals surface area (Å²) in [5.41, 5.74) is -3.20. The highest BCUT2D eigenvalue weighted by Gasteiger charge is 2.53. The molecular formula is C10H17NO6. The second-order valence-electron chi connectivity index (χ2n) is 5.07. The largest absolute Gasteiger partial charge is 0.478 e. The molecule has 7 nitrogen and oxygen atoms in total. The fraction of sp³-hybridized carbons (Fsp3) is 0.800. The van der Waals surface area contributed by atoms with Gasteiger partial charge in [0.1, 0.15) is 5.60 Å². The predicted molar refractivity (Wildman–Crippen MR) is 56.1 cm³/mol. The minimum atomic E-state index is -2.40. The molecule has 0 saturated carbocycles. The zero-order valence-electron chi connectivity index (χ0n) is 10.0. The van der Waals surface area contributed by atoms with E-state index in [2.05, 4.69) is 0 Å². The molecule has 17 heavy (non-hydrogen) atoms. The smallest absolute Gasteiger partial charge is 0.413 e. The van der Waals surface area contributed by atoms with Gasteiger partial charge in [-0.15, -0.1) is 0 Å². The molecule has 98 valence electrons. The van der Waals surface area contributed by atoms with Gasteiger partial charge in [-0.25, -0.2) is 9.59 Å². The fourth-order valence-corrected chi connectivity index (χ4v) is 1.61. The molecular weight excluding hydrogens is 230 g/mol. The maximum atomic E-state index is 11.7. The van der Waals surface area contributed by atoms with Crippen LogP contribution in [0.25, 0.3) is 0 Å². The zero-order valence-corrected chi connectivity index (χ0v) is 10.0. The van der Waals surface area contributed by atoms with Crippen molar-refractivity contribution in [2.24, 2.45) is 0 Å². The average molecular weight is 247 g/mol. The number of carboxylic acids is 1. The van der Waals surface area contributed by atoms with Crippen LogP contribution in [0.5, 0.6) is 0 Å². The second kappa shape index (κ2) is 4.15. The van der Waals surface area contributed by atoms with Gasteiger partial charge in [0, 0.05) is 6.42 Å². The molecule has 1 aliphatic heterocycles. The molecule has 7 heteroatoms. The van der Waals surface area contributed by atoms with Crippen LogP contribution in [0.2, 0.25) is 0 Å². The summed E-state index contributed by atoms with van der Waals surface area (Å²) in [4.78, 5) is 23.3. The van der Waals surface area contributed by atoms with Gasteiger partial charge in [-0.1, -0.05) is 0 Å². The molecule has 1 saturated heterocycles. The van der Waals surface area contributed by atoms with Gasteiger partial charge >= 0.3 is 12.1 Å². The lowest BCUT2D eigenvalue weighted by atomic mass is 10.1. The van der Waals surface area contributed by atoms with Crippen molar-refractivity contribution in [2.75, 3.05) is 6.54 Å². The molecule has 0 aromatic rings. The first-order valence-electron chi connectivity index (χ1n) is 5.21. The van der Waals surface area contributed by atoms with Gasteiger partial charge in [0.15, 0.2) is 0 Å². The number of carboxylic acid groups (broad SMARTS) is 1. The Morgan fingerprint density at radius 1 is 1.41 bits per heavy atom. The van der Waals surface area contributed by atoms with Crippen molar-refractivity contribution >= 4 is 12.1 Å². The van der Waals surface area contributed by atoms with Crippen LogP contribution in [-0.4, -0.2) is 56.3 Å². The second-order valence-corrected chi connectivity index (χ2v) is 5.07. The predicted octanol–water partition coefficient (Wildman–Crippen LogP) is -0.239. The summed E-state index contributed by atoms with van der Waals surface area (Å²) >= 11 is 0. The van der Waals surface area contributed by atoms with Crippen molar-refractivity contribution in [1.29, 1.82) is 0 Å². The Bertz CT molecular complexity index is 336. The molecule has 1 amide bonds. The quantitative estimate of drug-likeness (QED) is 0.590. The first-order valence-corrected chi connectivity index (χ1v) is 5.21. The van der Waals surface area contributed by atoms with E-state index in [1.54, 1.807) is 20.8 Å². The standard InChI is InChI=1S/C10H17NO6/c1-9(2,3)17-8(15)11-5-6(12)4-10(11,16)7(13)14/h6,12,16H,4-5H2,1-3H3,(H,13,14)/t6-,10+/m1/s1. The molecule has 0 aromatic carbocycles. The first-order chi connectivity index (χ1) is 7.56. The number of carbonyl (C=O) groups excluding carboxylic acids is 1. The maximum Gasteiger partial charge on any atom is 0.413 e. The Morgan fingerprint density at radius 2 is 1.94 bits per heavy atom. The molecule has 0 radical (unpaired) electrons. The summed E-state index contributed by atoms with van der Waals surface area (Å²) in [5.74, 6) is -1.58. The Labute approximate surface area is 98.6 Å². The molecule has 0 bridgehead atoms. The molecule has 1 aliphatic rings. The normalized spacial score (nSPS) is 29.2. The first kappa shape index (κ1) is 13.7. The van der Waals surface area contributed by atoms with E-state index >= 15 is 0 Å². The van der Waals surface area contributed by atoms with E-state index in [4.69, 9.17) is 9.84 Å². The van der Waals surface area contributed by atoms with Gasteiger partial charge in [0.2, 0.25) is 5.72 Å². The molecule has 0 unspecified atom stereocenters. The van der Waals surface area contributed by atoms with Crippen LogP contribution in [0.15, 0.2) is 0 Å². The number of aliphatic carboxylic acids is 1. The number of hydrogen-bond acceptors (Lipinski definition) is 5. The number of carbonyl (C=O) groups is 2. The SMILES string of the molecule is CC(C)(C)OC(=O)N1C[C@H](O)C[C@]1(O)C(=O)O. The number of aliphatic hydroxyl groups is 2. The van der Waals surface area contributed by atoms with Crippen molar-refractivity contribution in [2.45, 2.75) is 44.6 Å². The number of β-amino-alcohol motifs (C(OH)–C–C–N with tert-alkyl or cyclic N) is 1. The number of hydrogen-bond donors (Lipinski definition) is 3. The van der Waals surface area contributed by atoms with E-state index in [0.717, 1.165) is 0 Å². The van der Waals surface area contributed by atoms with E-state index in [1.165, 1.54) is 0 Å². The molecule has 1 heterocycles. The van der Waals surface area contributed by atoms with Crippen molar-refractivity contribution in [3.8, 4) is 0 Å². The van der Waals surface area contributed by atoms with Gasteiger partial charge < -0.3 is 20.1 Å². The topological polar surface area (TPSA) is 107 Å². The Balaban J connectivity index is 2.88. The molecule has 0 aliphatic carbocycles. The van der Waals surface area contributed by atoms with Gasteiger partial charge in [0.25, 0.3) is 0 Å². The Morgan fingerprint density at radius 3 is 2.35 bits per heavy atom. The minimum absolute atomic E-state index is 0.266. The number of rotatable bonds is 1. The summed E-state index contributed by atoms with van der Waals surface area (Å²) in [5, 5.41) is 28.1. The highest BCUT2D eigenvalue weighted by molar-refractivity contribution is 5.83. The number of likely N-dealkylation sites (tertiary alicyclic amines) is 1. The third kappa shape index (κ3) is 2.86. The van der Waals surface area contributed by atoms with Crippen molar-refractivity contribution in [3.05, 3.63) is 0 Å². The van der Waals surface area contributed by atoms with Crippen LogP contribution < -0.4 is 0 Å². The number of ether oxygens (including phenoxy) is 1. The molecule has 2 atom stereocenters. The summed E-state index contributed by atoms with van der Waals surface area (Å²) in [7, 11) is 0. The van der Waals surface area contributed by atoms with Crippen LogP contribution in [0.1, 0.15) is 27.2 Å². The molecule has 0 spiro atoms. The van der Waals surface area contributed by atoms with Gasteiger partial charge in [-0.3, -0.25) is 4.90 Å².